The van der Waals surface area contributed by atoms with Crippen LogP contribution in [0.25, 0.3) is 0 Å². The summed E-state index contributed by atoms with van der Waals surface area (Å²) in [6.45, 7) is 0. The van der Waals surface area contributed by atoms with Crippen LogP contribution in [0.5, 0.6) is 0 Å². The summed E-state index contributed by atoms with van der Waals surface area (Å²) in [5, 5.41) is 14.6. The first-order valence-electron chi connectivity index (χ1n) is 2.42. The molecule has 5 nitrogen and oxygen atoms in total. The first kappa shape index (κ1) is 9.84. The van der Waals surface area contributed by atoms with E-state index in [-0.39, 0.29) is 32.7 Å². The second-order valence-electron chi connectivity index (χ2n) is 1.42. The van der Waals surface area contributed by atoms with Crippen molar-refractivity contribution < 1.29 is 32.7 Å². The molecule has 1 aromatic heterocycles. The zero-order valence-electron chi connectivity index (χ0n) is 5.81. The molecule has 0 spiro atoms. The number of rotatable bonds is 1. The minimum Gasteiger partial charge on any atom is -0.373 e. The van der Waals surface area contributed by atoms with E-state index in [1.807, 2.05) is 0 Å². The minimum absolute atomic E-state index is 0. The van der Waals surface area contributed by atoms with Crippen molar-refractivity contribution in [2.45, 2.75) is 0 Å². The average Bonchev–Trinajstić information content (AvgIpc) is 2.17. The number of azo groups is 1. The topological polar surface area (TPSA) is 55.4 Å². The van der Waals surface area contributed by atoms with Gasteiger partial charge >= 0.3 is 32.7 Å². The van der Waals surface area contributed by atoms with Crippen LogP contribution in [0.2, 0.25) is 0 Å². The van der Waals surface area contributed by atoms with Gasteiger partial charge in [0, 0.05) is 19.9 Å². The van der Waals surface area contributed by atoms with Crippen LogP contribution in [0.1, 0.15) is 0 Å². The molecule has 0 N–H and O–H groups in total. The van der Waals surface area contributed by atoms with Gasteiger partial charge < -0.3 is 5.10 Å². The Labute approximate surface area is 83.8 Å². The van der Waals surface area contributed by atoms with Gasteiger partial charge in [-0.15, -0.1) is 0 Å². The summed E-state index contributed by atoms with van der Waals surface area (Å²) in [4.78, 5) is 1.38. The van der Waals surface area contributed by atoms with Crippen molar-refractivity contribution in [3.63, 3.8) is 0 Å². The Hall–Kier alpha value is -0.156. The van der Waals surface area contributed by atoms with Gasteiger partial charge in [0.05, 0.1) is 0 Å². The molecular weight excluding hydrogens is 207 g/mol. The smallest absolute Gasteiger partial charge is 0.373 e. The third-order valence-electron chi connectivity index (χ3n) is 0.729. The van der Waals surface area contributed by atoms with Crippen LogP contribution in [0, 0.1) is 6.20 Å². The van der Waals surface area contributed by atoms with Crippen LogP contribution >= 0.6 is 0 Å². The van der Waals surface area contributed by atoms with Crippen molar-refractivity contribution in [1.29, 1.82) is 0 Å². The first-order chi connectivity index (χ1) is 4.33. The van der Waals surface area contributed by atoms with Crippen LogP contribution < -0.4 is 0 Å². The molecule has 0 aliphatic rings. The molecular formula is C4H6N5Y+2. The molecule has 6 heteroatoms. The first-order valence-corrected chi connectivity index (χ1v) is 2.42. The molecule has 0 saturated heterocycles. The molecule has 0 bridgehead atoms. The van der Waals surface area contributed by atoms with E-state index in [9.17, 15) is 0 Å². The van der Waals surface area contributed by atoms with Gasteiger partial charge in [-0.3, -0.25) is 6.20 Å². The van der Waals surface area contributed by atoms with Crippen molar-refractivity contribution >= 4 is 5.82 Å². The Bertz CT molecular complexity index is 217. The predicted octanol–water partition coefficient (Wildman–Crippen LogP) is 0.326. The monoisotopic (exact) mass is 213 g/mol. The predicted molar refractivity (Wildman–Crippen MR) is 30.3 cm³/mol. The fraction of sp³-hybridized carbons (Fsp3) is 0.500. The molecule has 0 amide bonds. The minimum atomic E-state index is 0. The summed E-state index contributed by atoms with van der Waals surface area (Å²) < 4.78 is 0. The third kappa shape index (κ3) is 2.62. The Morgan fingerprint density at radius 2 is 2.30 bits per heavy atom. The fourth-order valence-corrected chi connectivity index (χ4v) is 0.436. The van der Waals surface area contributed by atoms with Gasteiger partial charge in [-0.25, -0.2) is 4.80 Å². The largest absolute Gasteiger partial charge is 3.00 e. The summed E-state index contributed by atoms with van der Waals surface area (Å²) in [5.41, 5.74) is 0. The van der Waals surface area contributed by atoms with Crippen LogP contribution in [-0.2, 0) is 39.8 Å². The Morgan fingerprint density at radius 1 is 1.60 bits per heavy atom. The van der Waals surface area contributed by atoms with Crippen molar-refractivity contribution in [3.8, 4) is 0 Å². The van der Waals surface area contributed by atoms with E-state index in [0.717, 1.165) is 0 Å². The average molecular weight is 213 g/mol. The number of aromatic nitrogens is 3. The van der Waals surface area contributed by atoms with Crippen molar-refractivity contribution in [1.82, 2.24) is 15.0 Å². The zero-order valence-corrected chi connectivity index (χ0v) is 8.65. The van der Waals surface area contributed by atoms with Crippen LogP contribution in [0.15, 0.2) is 10.2 Å². The van der Waals surface area contributed by atoms with Gasteiger partial charge in [-0.1, -0.05) is 0 Å². The SMILES string of the molecule is CN=Nc1[c-]nn(C)n1.[Y+3]. The standard InChI is InChI=1S/C4H6N5.Y/c1-5-7-4-3-6-9(2)8-4;/h1-2H3;/q-1;+3. The van der Waals surface area contributed by atoms with E-state index in [0.29, 0.717) is 5.82 Å². The quantitative estimate of drug-likeness (QED) is 0.498. The molecule has 0 aromatic carbocycles. The molecule has 0 saturated carbocycles. The normalized spacial score (nSPS) is 9.80. The fourth-order valence-electron chi connectivity index (χ4n) is 0.436. The number of nitrogens with zero attached hydrogens (tertiary/aromatic N) is 5. The maximum absolute atomic E-state index is 3.79. The Morgan fingerprint density at radius 3 is 2.70 bits per heavy atom. The summed E-state index contributed by atoms with van der Waals surface area (Å²) in [5.74, 6) is 0.417. The summed E-state index contributed by atoms with van der Waals surface area (Å²) in [6, 6.07) is 0. The van der Waals surface area contributed by atoms with Gasteiger partial charge in [0.1, 0.15) is 0 Å². The molecule has 10 heavy (non-hydrogen) atoms. The van der Waals surface area contributed by atoms with E-state index >= 15 is 0 Å². The molecule has 1 heterocycles. The van der Waals surface area contributed by atoms with Gasteiger partial charge in [-0.05, 0) is 0 Å². The van der Waals surface area contributed by atoms with E-state index < -0.39 is 0 Å². The zero-order chi connectivity index (χ0) is 6.69. The second kappa shape index (κ2) is 4.63. The Balaban J connectivity index is 0.000000810. The van der Waals surface area contributed by atoms with E-state index in [1.54, 1.807) is 14.1 Å². The second-order valence-corrected chi connectivity index (χ2v) is 1.42. The molecule has 0 unspecified atom stereocenters. The maximum atomic E-state index is 3.79. The number of hydrogen-bond donors (Lipinski definition) is 0. The van der Waals surface area contributed by atoms with Crippen molar-refractivity contribution in [2.75, 3.05) is 7.05 Å². The molecule has 48 valence electrons. The molecule has 1 aromatic rings. The van der Waals surface area contributed by atoms with E-state index in [4.69, 9.17) is 0 Å². The summed E-state index contributed by atoms with van der Waals surface area (Å²) >= 11 is 0. The Kier molecular flexibility index (Phi) is 4.56. The maximum Gasteiger partial charge on any atom is 3.00 e. The van der Waals surface area contributed by atoms with Gasteiger partial charge in [0.2, 0.25) is 0 Å². The molecule has 1 rings (SSSR count). The molecule has 0 radical (unpaired) electrons. The van der Waals surface area contributed by atoms with Crippen LogP contribution in [0.4, 0.5) is 5.82 Å². The summed E-state index contributed by atoms with van der Waals surface area (Å²) in [7, 11) is 3.27. The van der Waals surface area contributed by atoms with E-state index in [2.05, 4.69) is 26.6 Å². The third-order valence-corrected chi connectivity index (χ3v) is 0.729. The molecule has 0 fully saturated rings. The van der Waals surface area contributed by atoms with Crippen LogP contribution in [0.3, 0.4) is 0 Å². The van der Waals surface area contributed by atoms with E-state index in [1.165, 1.54) is 4.80 Å². The van der Waals surface area contributed by atoms with Gasteiger partial charge in [-0.2, -0.15) is 15.3 Å². The number of hydrogen-bond acceptors (Lipinski definition) is 4. The van der Waals surface area contributed by atoms with Gasteiger partial charge in [0.15, 0.2) is 0 Å². The summed E-state index contributed by atoms with van der Waals surface area (Å²) in [6.07, 6.45) is 2.55. The molecule has 0 aliphatic carbocycles. The van der Waals surface area contributed by atoms with Crippen molar-refractivity contribution in [2.24, 2.45) is 17.3 Å². The van der Waals surface area contributed by atoms with Crippen molar-refractivity contribution in [3.05, 3.63) is 6.20 Å². The molecule has 0 aliphatic heterocycles. The number of aryl methyl sites for hydroxylation is 1. The van der Waals surface area contributed by atoms with Crippen LogP contribution in [-0.4, -0.2) is 22.0 Å². The van der Waals surface area contributed by atoms with Gasteiger partial charge in [0.25, 0.3) is 0 Å². The molecule has 0 atom stereocenters.